The Morgan fingerprint density at radius 1 is 0.930 bits per heavy atom. The van der Waals surface area contributed by atoms with Gasteiger partial charge in [-0.05, 0) is 49.2 Å². The number of hydrogen-bond donors (Lipinski definition) is 0. The Morgan fingerprint density at radius 2 is 1.70 bits per heavy atom. The fraction of sp³-hybridized carbons (Fsp3) is 0.242. The van der Waals surface area contributed by atoms with Crippen molar-refractivity contribution in [1.29, 1.82) is 0 Å². The lowest BCUT2D eigenvalue weighted by Gasteiger charge is -2.23. The Balaban J connectivity index is 1.63. The van der Waals surface area contributed by atoms with Crippen LogP contribution in [0.5, 0.6) is 23.0 Å². The third kappa shape index (κ3) is 6.19. The molecule has 0 bridgehead atoms. The molecule has 222 valence electrons. The van der Waals surface area contributed by atoms with Crippen LogP contribution in [0.15, 0.2) is 88.3 Å². The van der Waals surface area contributed by atoms with Gasteiger partial charge in [-0.1, -0.05) is 59.9 Å². The number of benzene rings is 3. The van der Waals surface area contributed by atoms with E-state index in [4.69, 9.17) is 23.7 Å². The molecule has 1 aromatic heterocycles. The van der Waals surface area contributed by atoms with E-state index in [9.17, 15) is 9.59 Å². The van der Waals surface area contributed by atoms with Crippen LogP contribution in [0, 0.1) is 0 Å². The minimum absolute atomic E-state index is 0.223. The van der Waals surface area contributed by atoms with Crippen molar-refractivity contribution in [3.63, 3.8) is 0 Å². The van der Waals surface area contributed by atoms with Gasteiger partial charge in [0, 0.05) is 11.8 Å². The summed E-state index contributed by atoms with van der Waals surface area (Å²) in [6, 6.07) is 19.9. The lowest BCUT2D eigenvalue weighted by Crippen LogP contribution is -2.39. The Hall–Kier alpha value is -4.83. The zero-order valence-electron chi connectivity index (χ0n) is 24.4. The molecule has 9 nitrogen and oxygen atoms in total. The van der Waals surface area contributed by atoms with E-state index in [1.807, 2.05) is 68.4 Å². The lowest BCUT2D eigenvalue weighted by molar-refractivity contribution is -0.136. The van der Waals surface area contributed by atoms with Crippen molar-refractivity contribution in [2.24, 2.45) is 4.99 Å². The van der Waals surface area contributed by atoms with Crippen LogP contribution in [-0.4, -0.2) is 38.0 Å². The lowest BCUT2D eigenvalue weighted by atomic mass is 9.97. The highest BCUT2D eigenvalue weighted by molar-refractivity contribution is 7.07. The van der Waals surface area contributed by atoms with E-state index >= 15 is 0 Å². The topological polar surface area (TPSA) is 97.6 Å². The number of methoxy groups -OCH3 is 2. The maximum absolute atomic E-state index is 14.1. The highest BCUT2D eigenvalue weighted by Crippen LogP contribution is 2.35. The first kappa shape index (κ1) is 29.7. The fourth-order valence-corrected chi connectivity index (χ4v) is 5.78. The zero-order valence-corrected chi connectivity index (χ0v) is 25.2. The smallest absolute Gasteiger partial charge is 0.337 e. The summed E-state index contributed by atoms with van der Waals surface area (Å²) in [5.41, 5.74) is 2.23. The van der Waals surface area contributed by atoms with Crippen molar-refractivity contribution in [3.05, 3.63) is 115 Å². The molecule has 0 fully saturated rings. The van der Waals surface area contributed by atoms with Crippen LogP contribution in [0.2, 0.25) is 0 Å². The van der Waals surface area contributed by atoms with Crippen molar-refractivity contribution in [2.75, 3.05) is 27.4 Å². The molecule has 0 saturated carbocycles. The van der Waals surface area contributed by atoms with Gasteiger partial charge in [-0.3, -0.25) is 9.36 Å². The summed E-state index contributed by atoms with van der Waals surface area (Å²) >= 11 is 1.22. The third-order valence-electron chi connectivity index (χ3n) is 6.75. The summed E-state index contributed by atoms with van der Waals surface area (Å²) in [5, 5.41) is 0. The average molecular weight is 601 g/mol. The van der Waals surface area contributed by atoms with E-state index in [1.165, 1.54) is 29.2 Å². The SMILES string of the molecule is CCOc1ccc([C@H]2C(C(=O)OC)=CN=c3s/c(=C/c4cccc(OC)c4OCc4ccccc4)c(=O)n32)cc1OCC. The maximum atomic E-state index is 14.1. The van der Waals surface area contributed by atoms with E-state index in [-0.39, 0.29) is 11.1 Å². The molecule has 0 N–H and O–H groups in total. The number of hydrogen-bond acceptors (Lipinski definition) is 9. The van der Waals surface area contributed by atoms with Crippen LogP contribution < -0.4 is 33.8 Å². The molecule has 43 heavy (non-hydrogen) atoms. The predicted octanol–water partition coefficient (Wildman–Crippen LogP) is 4.40. The van der Waals surface area contributed by atoms with Gasteiger partial charge in [0.25, 0.3) is 5.56 Å². The normalized spacial score (nSPS) is 14.3. The number of thiazole rings is 1. The first-order chi connectivity index (χ1) is 21.0. The van der Waals surface area contributed by atoms with Crippen molar-refractivity contribution >= 4 is 23.4 Å². The second-order valence-electron chi connectivity index (χ2n) is 9.40. The Labute approximate surface area is 252 Å². The Bertz CT molecular complexity index is 1830. The van der Waals surface area contributed by atoms with Crippen molar-refractivity contribution in [1.82, 2.24) is 4.57 Å². The predicted molar refractivity (Wildman–Crippen MR) is 164 cm³/mol. The summed E-state index contributed by atoms with van der Waals surface area (Å²) in [6.45, 7) is 4.97. The molecule has 0 radical (unpaired) electrons. The first-order valence-corrected chi connectivity index (χ1v) is 14.6. The summed E-state index contributed by atoms with van der Waals surface area (Å²) < 4.78 is 30.3. The molecule has 1 aliphatic heterocycles. The third-order valence-corrected chi connectivity index (χ3v) is 7.75. The highest BCUT2D eigenvalue weighted by Gasteiger charge is 2.31. The van der Waals surface area contributed by atoms with Crippen molar-refractivity contribution in [3.8, 4) is 23.0 Å². The van der Waals surface area contributed by atoms with Crippen molar-refractivity contribution in [2.45, 2.75) is 26.5 Å². The largest absolute Gasteiger partial charge is 0.493 e. The second kappa shape index (κ2) is 13.4. The number of rotatable bonds is 11. The van der Waals surface area contributed by atoms with Crippen LogP contribution in [0.25, 0.3) is 6.08 Å². The molecule has 0 saturated heterocycles. The fourth-order valence-electron chi connectivity index (χ4n) is 4.82. The number of carbonyl (C=O) groups excluding carboxylic acids is 1. The van der Waals surface area contributed by atoms with Gasteiger partial charge in [0.15, 0.2) is 27.8 Å². The quantitative estimate of drug-likeness (QED) is 0.236. The van der Waals surface area contributed by atoms with Crippen LogP contribution in [0.1, 0.15) is 36.6 Å². The minimum Gasteiger partial charge on any atom is -0.493 e. The second-order valence-corrected chi connectivity index (χ2v) is 10.4. The van der Waals surface area contributed by atoms with Gasteiger partial charge in [-0.2, -0.15) is 0 Å². The first-order valence-electron chi connectivity index (χ1n) is 13.8. The number of carbonyl (C=O) groups is 1. The molecule has 1 atom stereocenters. The standard InChI is InChI=1S/C33H32N2O7S/c1-5-40-25-16-15-22(17-27(25)41-6-2)29-24(32(37)39-4)19-34-33-35(29)31(36)28(43-33)18-23-13-10-14-26(38-3)30(23)42-20-21-11-8-7-9-12-21/h7-19,29H,5-6,20H2,1-4H3/b28-18+/t29-/m0/s1. The summed E-state index contributed by atoms with van der Waals surface area (Å²) in [6.07, 6.45) is 3.22. The number of aromatic nitrogens is 1. The van der Waals surface area contributed by atoms with E-state index in [1.54, 1.807) is 25.3 Å². The van der Waals surface area contributed by atoms with Gasteiger partial charge in [0.2, 0.25) is 0 Å². The summed E-state index contributed by atoms with van der Waals surface area (Å²) in [5.74, 6) is 1.56. The molecule has 0 spiro atoms. The minimum atomic E-state index is -0.792. The van der Waals surface area contributed by atoms with E-state index in [0.717, 1.165) is 5.56 Å². The zero-order chi connectivity index (χ0) is 30.3. The molecule has 0 amide bonds. The monoisotopic (exact) mass is 600 g/mol. The molecular weight excluding hydrogens is 568 g/mol. The van der Waals surface area contributed by atoms with E-state index in [0.29, 0.717) is 63.3 Å². The van der Waals surface area contributed by atoms with Crippen LogP contribution in [0.3, 0.4) is 0 Å². The molecule has 3 aromatic carbocycles. The number of ether oxygens (including phenoxy) is 5. The molecule has 4 aromatic rings. The van der Waals surface area contributed by atoms with Crippen LogP contribution >= 0.6 is 11.3 Å². The van der Waals surface area contributed by atoms with Crippen LogP contribution in [0.4, 0.5) is 0 Å². The Kier molecular flexibility index (Phi) is 9.26. The molecule has 0 unspecified atom stereocenters. The molecular formula is C33H32N2O7S. The van der Waals surface area contributed by atoms with Gasteiger partial charge < -0.3 is 23.7 Å². The average Bonchev–Trinajstić information content (AvgIpc) is 3.35. The van der Waals surface area contributed by atoms with E-state index < -0.39 is 12.0 Å². The van der Waals surface area contributed by atoms with Gasteiger partial charge in [-0.15, -0.1) is 0 Å². The van der Waals surface area contributed by atoms with Gasteiger partial charge in [0.05, 0.1) is 43.6 Å². The molecule has 5 rings (SSSR count). The van der Waals surface area contributed by atoms with Gasteiger partial charge >= 0.3 is 5.97 Å². The number of fused-ring (bicyclic) bond motifs is 1. The number of nitrogens with zero attached hydrogens (tertiary/aromatic N) is 2. The summed E-state index contributed by atoms with van der Waals surface area (Å²) in [4.78, 5) is 31.9. The summed E-state index contributed by atoms with van der Waals surface area (Å²) in [7, 11) is 2.87. The van der Waals surface area contributed by atoms with Gasteiger partial charge in [0.1, 0.15) is 6.61 Å². The number of esters is 1. The molecule has 1 aliphatic rings. The van der Waals surface area contributed by atoms with Crippen LogP contribution in [-0.2, 0) is 16.1 Å². The highest BCUT2D eigenvalue weighted by atomic mass is 32.1. The number of para-hydroxylation sites is 1. The molecule has 0 aliphatic carbocycles. The maximum Gasteiger partial charge on any atom is 0.337 e. The molecule has 10 heteroatoms. The van der Waals surface area contributed by atoms with E-state index in [2.05, 4.69) is 4.99 Å². The van der Waals surface area contributed by atoms with Crippen molar-refractivity contribution < 1.29 is 28.5 Å². The van der Waals surface area contributed by atoms with Gasteiger partial charge in [-0.25, -0.2) is 9.79 Å². The molecule has 2 heterocycles. The Morgan fingerprint density at radius 3 is 2.42 bits per heavy atom.